The van der Waals surface area contributed by atoms with E-state index in [1.165, 1.54) is 0 Å². The quantitative estimate of drug-likeness (QED) is 0.514. The molecule has 1 aromatic rings. The fourth-order valence-corrected chi connectivity index (χ4v) is 1.87. The lowest BCUT2D eigenvalue weighted by atomic mass is 10.2. The minimum absolute atomic E-state index is 0.387. The van der Waals surface area contributed by atoms with Gasteiger partial charge in [0.1, 0.15) is 6.07 Å². The van der Waals surface area contributed by atoms with Crippen LogP contribution in [0.5, 0.6) is 0 Å². The van der Waals surface area contributed by atoms with Crippen LogP contribution in [0, 0.1) is 11.3 Å². The number of nitrogen functional groups attached to an aromatic ring is 1. The second-order valence-corrected chi connectivity index (χ2v) is 5.69. The van der Waals surface area contributed by atoms with Crippen LogP contribution < -0.4 is 15.8 Å². The Morgan fingerprint density at radius 3 is 2.67 bits per heavy atom. The molecule has 0 spiro atoms. The van der Waals surface area contributed by atoms with Gasteiger partial charge in [0, 0.05) is 18.8 Å². The molecule has 1 rings (SSSR count). The number of sulfonamides is 1. The molecule has 7 heteroatoms. The van der Waals surface area contributed by atoms with Crippen molar-refractivity contribution < 1.29 is 8.42 Å². The number of anilines is 2. The van der Waals surface area contributed by atoms with Gasteiger partial charge >= 0.3 is 0 Å². The van der Waals surface area contributed by atoms with E-state index < -0.39 is 10.0 Å². The number of nitriles is 1. The van der Waals surface area contributed by atoms with Gasteiger partial charge in [0.25, 0.3) is 0 Å². The Hall–Kier alpha value is -1.78. The predicted octanol–water partition coefficient (Wildman–Crippen LogP) is 0.492. The zero-order valence-electron chi connectivity index (χ0n) is 10.1. The molecule has 4 N–H and O–H groups in total. The Labute approximate surface area is 107 Å². The lowest BCUT2D eigenvalue weighted by Gasteiger charge is -2.08. The molecular weight excluding hydrogens is 252 g/mol. The SMILES string of the molecule is CS(=O)(=O)NCCCNc1ccc(C#N)c(N)c1. The van der Waals surface area contributed by atoms with Crippen molar-refractivity contribution in [3.8, 4) is 6.07 Å². The molecule has 0 bridgehead atoms. The van der Waals surface area contributed by atoms with E-state index in [9.17, 15) is 8.42 Å². The Bertz CT molecular complexity index is 549. The van der Waals surface area contributed by atoms with Gasteiger partial charge in [0.05, 0.1) is 17.5 Å². The molecule has 18 heavy (non-hydrogen) atoms. The number of nitrogens with zero attached hydrogens (tertiary/aromatic N) is 1. The van der Waals surface area contributed by atoms with Crippen LogP contribution in [0.3, 0.4) is 0 Å². The van der Waals surface area contributed by atoms with E-state index in [2.05, 4.69) is 10.0 Å². The Balaban J connectivity index is 2.37. The smallest absolute Gasteiger partial charge is 0.208 e. The first-order valence-corrected chi connectivity index (χ1v) is 7.29. The van der Waals surface area contributed by atoms with E-state index in [1.54, 1.807) is 18.2 Å². The molecule has 0 saturated heterocycles. The Morgan fingerprint density at radius 2 is 2.11 bits per heavy atom. The largest absolute Gasteiger partial charge is 0.398 e. The number of rotatable bonds is 6. The summed E-state index contributed by atoms with van der Waals surface area (Å²) in [4.78, 5) is 0. The summed E-state index contributed by atoms with van der Waals surface area (Å²) in [5.41, 5.74) is 7.35. The third-order valence-corrected chi connectivity index (χ3v) is 2.95. The standard InChI is InChI=1S/C11H16N4O2S/c1-18(16,17)15-6-2-5-14-10-4-3-9(8-12)11(13)7-10/h3-4,7,14-15H,2,5-6,13H2,1H3. The summed E-state index contributed by atoms with van der Waals surface area (Å²) in [6.45, 7) is 1.01. The second kappa shape index (κ2) is 6.23. The molecule has 0 atom stereocenters. The molecule has 0 unspecified atom stereocenters. The van der Waals surface area contributed by atoms with Gasteiger partial charge in [-0.25, -0.2) is 13.1 Å². The molecule has 0 radical (unpaired) electrons. The highest BCUT2D eigenvalue weighted by Gasteiger charge is 2.00. The zero-order chi connectivity index (χ0) is 13.6. The van der Waals surface area contributed by atoms with Crippen LogP contribution in [0.4, 0.5) is 11.4 Å². The van der Waals surface area contributed by atoms with Crippen molar-refractivity contribution >= 4 is 21.4 Å². The fraction of sp³-hybridized carbons (Fsp3) is 0.364. The van der Waals surface area contributed by atoms with Crippen molar-refractivity contribution in [3.05, 3.63) is 23.8 Å². The maximum Gasteiger partial charge on any atom is 0.208 e. The number of nitrogens with two attached hydrogens (primary N) is 1. The number of hydrogen-bond donors (Lipinski definition) is 3. The third kappa shape index (κ3) is 5.03. The van der Waals surface area contributed by atoms with Crippen molar-refractivity contribution in [2.45, 2.75) is 6.42 Å². The van der Waals surface area contributed by atoms with Crippen LogP contribution in [0.1, 0.15) is 12.0 Å². The van der Waals surface area contributed by atoms with Crippen LogP contribution >= 0.6 is 0 Å². The van der Waals surface area contributed by atoms with Gasteiger partial charge in [-0.1, -0.05) is 0 Å². The summed E-state index contributed by atoms with van der Waals surface area (Å²) >= 11 is 0. The molecule has 0 aliphatic rings. The molecule has 0 fully saturated rings. The predicted molar refractivity (Wildman–Crippen MR) is 71.5 cm³/mol. The molecule has 0 aromatic heterocycles. The molecule has 6 nitrogen and oxygen atoms in total. The van der Waals surface area contributed by atoms with E-state index in [0.717, 1.165) is 11.9 Å². The molecule has 0 amide bonds. The summed E-state index contributed by atoms with van der Waals surface area (Å²) in [6.07, 6.45) is 1.79. The van der Waals surface area contributed by atoms with Gasteiger partial charge in [-0.3, -0.25) is 0 Å². The summed E-state index contributed by atoms with van der Waals surface area (Å²) in [6, 6.07) is 7.08. The van der Waals surface area contributed by atoms with Crippen LogP contribution in [-0.4, -0.2) is 27.8 Å². The average Bonchev–Trinajstić information content (AvgIpc) is 2.27. The Morgan fingerprint density at radius 1 is 1.39 bits per heavy atom. The minimum atomic E-state index is -3.12. The topological polar surface area (TPSA) is 108 Å². The first-order valence-electron chi connectivity index (χ1n) is 5.40. The van der Waals surface area contributed by atoms with E-state index >= 15 is 0 Å². The van der Waals surface area contributed by atoms with Crippen LogP contribution in [0.25, 0.3) is 0 Å². The maximum absolute atomic E-state index is 10.8. The molecule has 0 aliphatic heterocycles. The van der Waals surface area contributed by atoms with Crippen molar-refractivity contribution in [1.29, 1.82) is 5.26 Å². The van der Waals surface area contributed by atoms with Crippen molar-refractivity contribution in [2.24, 2.45) is 0 Å². The summed E-state index contributed by atoms with van der Waals surface area (Å²) < 4.78 is 24.0. The van der Waals surface area contributed by atoms with E-state index in [-0.39, 0.29) is 0 Å². The number of nitrogens with one attached hydrogen (secondary N) is 2. The third-order valence-electron chi connectivity index (χ3n) is 2.22. The van der Waals surface area contributed by atoms with E-state index in [4.69, 9.17) is 11.0 Å². The van der Waals surface area contributed by atoms with Gasteiger partial charge in [0.15, 0.2) is 0 Å². The fourth-order valence-electron chi connectivity index (χ4n) is 1.35. The lowest BCUT2D eigenvalue weighted by Crippen LogP contribution is -2.24. The average molecular weight is 268 g/mol. The van der Waals surface area contributed by atoms with Crippen molar-refractivity contribution in [1.82, 2.24) is 4.72 Å². The lowest BCUT2D eigenvalue weighted by molar-refractivity contribution is 0.586. The maximum atomic E-state index is 10.8. The Kier molecular flexibility index (Phi) is 4.95. The second-order valence-electron chi connectivity index (χ2n) is 3.86. The van der Waals surface area contributed by atoms with E-state index in [1.807, 2.05) is 6.07 Å². The number of hydrogen-bond acceptors (Lipinski definition) is 5. The van der Waals surface area contributed by atoms with Crippen molar-refractivity contribution in [3.63, 3.8) is 0 Å². The normalized spacial score (nSPS) is 10.9. The van der Waals surface area contributed by atoms with Crippen molar-refractivity contribution in [2.75, 3.05) is 30.4 Å². The van der Waals surface area contributed by atoms with Crippen LogP contribution in [0.2, 0.25) is 0 Å². The van der Waals surface area contributed by atoms with Gasteiger partial charge in [-0.15, -0.1) is 0 Å². The highest BCUT2D eigenvalue weighted by atomic mass is 32.2. The summed E-state index contributed by atoms with van der Waals surface area (Å²) in [5.74, 6) is 0. The molecule has 0 heterocycles. The molecule has 98 valence electrons. The first-order chi connectivity index (χ1) is 8.42. The van der Waals surface area contributed by atoms with Gasteiger partial charge in [-0.2, -0.15) is 5.26 Å². The zero-order valence-corrected chi connectivity index (χ0v) is 10.9. The minimum Gasteiger partial charge on any atom is -0.398 e. The molecule has 0 aliphatic carbocycles. The van der Waals surface area contributed by atoms with E-state index in [0.29, 0.717) is 30.8 Å². The monoisotopic (exact) mass is 268 g/mol. The van der Waals surface area contributed by atoms with Crippen LogP contribution in [0.15, 0.2) is 18.2 Å². The van der Waals surface area contributed by atoms with Gasteiger partial charge < -0.3 is 11.1 Å². The number of benzene rings is 1. The summed E-state index contributed by atoms with van der Waals surface area (Å²) in [7, 11) is -3.12. The molecule has 1 aromatic carbocycles. The molecule has 0 saturated carbocycles. The molecular formula is C11H16N4O2S. The van der Waals surface area contributed by atoms with Gasteiger partial charge in [0.2, 0.25) is 10.0 Å². The van der Waals surface area contributed by atoms with Gasteiger partial charge in [-0.05, 0) is 24.6 Å². The van der Waals surface area contributed by atoms with Crippen LogP contribution in [-0.2, 0) is 10.0 Å². The summed E-state index contributed by atoms with van der Waals surface area (Å²) in [5, 5.41) is 11.8. The highest BCUT2D eigenvalue weighted by Crippen LogP contribution is 2.16. The highest BCUT2D eigenvalue weighted by molar-refractivity contribution is 7.88. The first kappa shape index (κ1) is 14.3.